The van der Waals surface area contributed by atoms with Crippen LogP contribution in [0.3, 0.4) is 0 Å². The quantitative estimate of drug-likeness (QED) is 0.873. The lowest BCUT2D eigenvalue weighted by Gasteiger charge is -2.15. The minimum Gasteiger partial charge on any atom is -0.476 e. The third kappa shape index (κ3) is 3.84. The van der Waals surface area contributed by atoms with Gasteiger partial charge in [-0.25, -0.2) is 9.78 Å². The number of aromatic nitrogens is 2. The first-order valence-corrected chi connectivity index (χ1v) is 6.78. The normalized spacial score (nSPS) is 10.8. The van der Waals surface area contributed by atoms with Gasteiger partial charge in [-0.15, -0.1) is 11.3 Å². The lowest BCUT2D eigenvalue weighted by molar-refractivity contribution is 0.0689. The van der Waals surface area contributed by atoms with Crippen molar-refractivity contribution in [1.29, 1.82) is 0 Å². The van der Waals surface area contributed by atoms with Crippen LogP contribution in [-0.4, -0.2) is 39.5 Å². The van der Waals surface area contributed by atoms with Crippen molar-refractivity contribution < 1.29 is 9.90 Å². The lowest BCUT2D eigenvalue weighted by Crippen LogP contribution is -2.21. The maximum absolute atomic E-state index is 11.0. The molecule has 6 heteroatoms. The summed E-state index contributed by atoms with van der Waals surface area (Å²) in [5.41, 5.74) is 2.97. The van der Waals surface area contributed by atoms with Gasteiger partial charge in [-0.1, -0.05) is 0 Å². The lowest BCUT2D eigenvalue weighted by atomic mass is 10.2. The minimum atomic E-state index is -0.959. The summed E-state index contributed by atoms with van der Waals surface area (Å²) in [5.74, 6) is -0.959. The van der Waals surface area contributed by atoms with E-state index in [1.807, 2.05) is 19.2 Å². The number of thiazole rings is 1. The number of nitrogens with zero attached hydrogens (tertiary/aromatic N) is 3. The van der Waals surface area contributed by atoms with Crippen LogP contribution in [0.2, 0.25) is 0 Å². The molecule has 0 atom stereocenters. The van der Waals surface area contributed by atoms with E-state index < -0.39 is 5.97 Å². The molecule has 2 aromatic heterocycles. The number of rotatable bonds is 6. The predicted molar refractivity (Wildman–Crippen MR) is 73.3 cm³/mol. The first-order valence-electron chi connectivity index (χ1n) is 5.90. The molecule has 0 spiro atoms. The Kier molecular flexibility index (Phi) is 4.59. The number of carbonyl (C=O) groups is 1. The molecule has 2 rings (SSSR count). The van der Waals surface area contributed by atoms with Crippen molar-refractivity contribution in [2.45, 2.75) is 13.0 Å². The van der Waals surface area contributed by atoms with Gasteiger partial charge >= 0.3 is 5.97 Å². The highest BCUT2D eigenvalue weighted by molar-refractivity contribution is 7.09. The fraction of sp³-hybridized carbons (Fsp3) is 0.308. The van der Waals surface area contributed by atoms with E-state index in [4.69, 9.17) is 5.11 Å². The van der Waals surface area contributed by atoms with E-state index in [1.165, 1.54) is 16.9 Å². The van der Waals surface area contributed by atoms with Crippen molar-refractivity contribution in [3.8, 4) is 0 Å². The minimum absolute atomic E-state index is 0.167. The number of aromatic carboxylic acids is 1. The van der Waals surface area contributed by atoms with Crippen LogP contribution in [-0.2, 0) is 13.0 Å². The summed E-state index contributed by atoms with van der Waals surface area (Å²) < 4.78 is 0. The van der Waals surface area contributed by atoms with E-state index in [1.54, 1.807) is 17.9 Å². The second-order valence-electron chi connectivity index (χ2n) is 4.27. The first kappa shape index (κ1) is 13.6. The molecule has 0 aliphatic heterocycles. The standard InChI is InChI=1S/C13H15N3O2S/c1-16(7-4-10-2-5-14-6-3-10)8-11-12(13(17)18)15-9-19-11/h2-3,5-6,9H,4,7-8H2,1H3,(H,17,18). The molecular formula is C13H15N3O2S. The number of likely N-dealkylation sites (N-methyl/N-ethyl adjacent to an activating group) is 1. The molecular weight excluding hydrogens is 262 g/mol. The highest BCUT2D eigenvalue weighted by Crippen LogP contribution is 2.15. The van der Waals surface area contributed by atoms with Gasteiger partial charge in [0.25, 0.3) is 0 Å². The van der Waals surface area contributed by atoms with Crippen LogP contribution in [0.15, 0.2) is 30.0 Å². The molecule has 0 saturated heterocycles. The number of carboxylic acids is 1. The van der Waals surface area contributed by atoms with Crippen molar-refractivity contribution >= 4 is 17.3 Å². The Morgan fingerprint density at radius 2 is 2.16 bits per heavy atom. The molecule has 19 heavy (non-hydrogen) atoms. The fourth-order valence-corrected chi connectivity index (χ4v) is 2.58. The molecule has 0 aromatic carbocycles. The molecule has 5 nitrogen and oxygen atoms in total. The maximum atomic E-state index is 11.0. The Labute approximate surface area is 115 Å². The van der Waals surface area contributed by atoms with Crippen molar-refractivity contribution in [1.82, 2.24) is 14.9 Å². The summed E-state index contributed by atoms with van der Waals surface area (Å²) in [6, 6.07) is 3.98. The molecule has 0 unspecified atom stereocenters. The smallest absolute Gasteiger partial charge is 0.355 e. The van der Waals surface area contributed by atoms with Crippen LogP contribution >= 0.6 is 11.3 Å². The average molecular weight is 277 g/mol. The molecule has 0 aliphatic rings. The van der Waals surface area contributed by atoms with Crippen molar-refractivity contribution in [2.75, 3.05) is 13.6 Å². The van der Waals surface area contributed by atoms with Gasteiger partial charge in [0, 0.05) is 25.5 Å². The molecule has 1 N–H and O–H groups in total. The molecule has 2 heterocycles. The maximum Gasteiger partial charge on any atom is 0.355 e. The van der Waals surface area contributed by atoms with Crippen LogP contribution in [0.4, 0.5) is 0 Å². The van der Waals surface area contributed by atoms with Gasteiger partial charge in [0.05, 0.1) is 10.4 Å². The molecule has 0 saturated carbocycles. The largest absolute Gasteiger partial charge is 0.476 e. The van der Waals surface area contributed by atoms with Gasteiger partial charge in [-0.05, 0) is 31.2 Å². The molecule has 2 aromatic rings. The summed E-state index contributed by atoms with van der Waals surface area (Å²) in [6.45, 7) is 1.47. The first-order chi connectivity index (χ1) is 9.16. The summed E-state index contributed by atoms with van der Waals surface area (Å²) in [4.78, 5) is 21.7. The molecule has 0 fully saturated rings. The summed E-state index contributed by atoms with van der Waals surface area (Å²) in [6.07, 6.45) is 4.47. The monoisotopic (exact) mass is 277 g/mol. The Bertz CT molecular complexity index is 542. The van der Waals surface area contributed by atoms with Gasteiger partial charge < -0.3 is 10.0 Å². The Balaban J connectivity index is 1.89. The van der Waals surface area contributed by atoms with Gasteiger partial charge in [0.15, 0.2) is 5.69 Å². The van der Waals surface area contributed by atoms with Crippen LogP contribution in [0.25, 0.3) is 0 Å². The highest BCUT2D eigenvalue weighted by atomic mass is 32.1. The second-order valence-corrected chi connectivity index (χ2v) is 5.21. The summed E-state index contributed by atoms with van der Waals surface area (Å²) >= 11 is 1.38. The van der Waals surface area contributed by atoms with E-state index in [0.717, 1.165) is 17.8 Å². The second kappa shape index (κ2) is 6.40. The average Bonchev–Trinajstić information content (AvgIpc) is 2.86. The zero-order valence-corrected chi connectivity index (χ0v) is 11.4. The van der Waals surface area contributed by atoms with E-state index in [0.29, 0.717) is 6.54 Å². The van der Waals surface area contributed by atoms with Crippen LogP contribution in [0.5, 0.6) is 0 Å². The molecule has 100 valence electrons. The topological polar surface area (TPSA) is 66.3 Å². The zero-order valence-electron chi connectivity index (χ0n) is 10.6. The molecule has 0 amide bonds. The fourth-order valence-electron chi connectivity index (χ4n) is 1.75. The Morgan fingerprint density at radius 1 is 1.42 bits per heavy atom. The predicted octanol–water partition coefficient (Wildman–Crippen LogP) is 1.91. The van der Waals surface area contributed by atoms with E-state index in [-0.39, 0.29) is 5.69 Å². The van der Waals surface area contributed by atoms with E-state index >= 15 is 0 Å². The van der Waals surface area contributed by atoms with Gasteiger partial charge in [0.1, 0.15) is 0 Å². The molecule has 0 bridgehead atoms. The van der Waals surface area contributed by atoms with Crippen molar-refractivity contribution in [3.63, 3.8) is 0 Å². The van der Waals surface area contributed by atoms with Gasteiger partial charge in [0.2, 0.25) is 0 Å². The molecule has 0 aliphatic carbocycles. The zero-order chi connectivity index (χ0) is 13.7. The van der Waals surface area contributed by atoms with Crippen LogP contribution in [0.1, 0.15) is 20.9 Å². The summed E-state index contributed by atoms with van der Waals surface area (Å²) in [7, 11) is 1.98. The van der Waals surface area contributed by atoms with E-state index in [9.17, 15) is 4.79 Å². The number of hydrogen-bond acceptors (Lipinski definition) is 5. The number of hydrogen-bond donors (Lipinski definition) is 1. The highest BCUT2D eigenvalue weighted by Gasteiger charge is 2.14. The third-order valence-corrected chi connectivity index (χ3v) is 3.61. The van der Waals surface area contributed by atoms with Crippen molar-refractivity contribution in [3.05, 3.63) is 46.2 Å². The van der Waals surface area contributed by atoms with Crippen LogP contribution < -0.4 is 0 Å². The Hall–Kier alpha value is -1.79. The number of carboxylic acid groups (broad SMARTS) is 1. The number of pyridine rings is 1. The van der Waals surface area contributed by atoms with Gasteiger partial charge in [-0.3, -0.25) is 4.98 Å². The molecule has 0 radical (unpaired) electrons. The summed E-state index contributed by atoms with van der Waals surface area (Å²) in [5, 5.41) is 8.99. The van der Waals surface area contributed by atoms with E-state index in [2.05, 4.69) is 14.9 Å². The third-order valence-electron chi connectivity index (χ3n) is 2.79. The SMILES string of the molecule is CN(CCc1ccncc1)Cc1scnc1C(=O)O. The van der Waals surface area contributed by atoms with Gasteiger partial charge in [-0.2, -0.15) is 0 Å². The Morgan fingerprint density at radius 3 is 2.84 bits per heavy atom. The van der Waals surface area contributed by atoms with Crippen molar-refractivity contribution in [2.24, 2.45) is 0 Å². The van der Waals surface area contributed by atoms with Crippen LogP contribution in [0, 0.1) is 0 Å².